The van der Waals surface area contributed by atoms with Gasteiger partial charge in [0.05, 0.1) is 11.6 Å². The summed E-state index contributed by atoms with van der Waals surface area (Å²) in [6.07, 6.45) is 6.01. The van der Waals surface area contributed by atoms with Gasteiger partial charge < -0.3 is 4.57 Å². The first-order valence-corrected chi connectivity index (χ1v) is 8.17. The summed E-state index contributed by atoms with van der Waals surface area (Å²) >= 11 is 6.15. The van der Waals surface area contributed by atoms with Gasteiger partial charge in [-0.25, -0.2) is 4.98 Å². The molecule has 1 aliphatic rings. The second-order valence-electron chi connectivity index (χ2n) is 6.05. The number of hydrogen-bond acceptors (Lipinski definition) is 2. The molecule has 2 atom stereocenters. The number of hydrogen-bond donors (Lipinski definition) is 0. The van der Waals surface area contributed by atoms with Crippen LogP contribution in [0.5, 0.6) is 0 Å². The predicted octanol–water partition coefficient (Wildman–Crippen LogP) is 3.82. The first-order chi connectivity index (χ1) is 9.65. The maximum absolute atomic E-state index is 6.15. The number of halogens is 1. The van der Waals surface area contributed by atoms with Gasteiger partial charge in [-0.05, 0) is 25.2 Å². The fraction of sp³-hybridized carbons (Fsp3) is 0.733. The number of imidazole rings is 1. The average molecular weight is 295 g/mol. The molecule has 4 nitrogen and oxygen atoms in total. The lowest BCUT2D eigenvalue weighted by Gasteiger charge is -2.29. The summed E-state index contributed by atoms with van der Waals surface area (Å²) in [4.78, 5) is 4.77. The molecule has 2 aromatic heterocycles. The molecule has 0 amide bonds. The molecule has 2 aromatic rings. The Morgan fingerprint density at radius 2 is 2.15 bits per heavy atom. The van der Waals surface area contributed by atoms with Crippen molar-refractivity contribution in [2.24, 2.45) is 13.0 Å². The average Bonchev–Trinajstić information content (AvgIpc) is 2.96. The van der Waals surface area contributed by atoms with Crippen molar-refractivity contribution in [3.8, 4) is 0 Å². The second-order valence-corrected chi connectivity index (χ2v) is 6.32. The molecule has 0 N–H and O–H groups in total. The molecule has 5 heteroatoms. The number of nitrogens with zero attached hydrogens (tertiary/aromatic N) is 4. The summed E-state index contributed by atoms with van der Waals surface area (Å²) in [7, 11) is 2.02. The normalized spacial score (nSPS) is 23.6. The van der Waals surface area contributed by atoms with Gasteiger partial charge in [-0.2, -0.15) is 5.10 Å². The predicted molar refractivity (Wildman–Crippen MR) is 82.1 cm³/mol. The molecular formula is C15H23ClN4. The minimum absolute atomic E-state index is 0.475. The zero-order chi connectivity index (χ0) is 14.3. The molecule has 0 bridgehead atoms. The molecule has 0 radical (unpaired) electrons. The van der Waals surface area contributed by atoms with Gasteiger partial charge in [0, 0.05) is 13.1 Å². The molecule has 0 saturated heterocycles. The molecule has 0 spiro atoms. The van der Waals surface area contributed by atoms with Crippen molar-refractivity contribution in [1.29, 1.82) is 0 Å². The highest BCUT2D eigenvalue weighted by Gasteiger charge is 2.27. The summed E-state index contributed by atoms with van der Waals surface area (Å²) in [6, 6.07) is 0.526. The van der Waals surface area contributed by atoms with Crippen molar-refractivity contribution >= 4 is 22.8 Å². The molecular weight excluding hydrogens is 272 g/mol. The summed E-state index contributed by atoms with van der Waals surface area (Å²) in [5.74, 6) is 2.26. The monoisotopic (exact) mass is 294 g/mol. The van der Waals surface area contributed by atoms with Crippen molar-refractivity contribution < 1.29 is 0 Å². The zero-order valence-electron chi connectivity index (χ0n) is 12.6. The van der Waals surface area contributed by atoms with E-state index in [2.05, 4.69) is 23.5 Å². The van der Waals surface area contributed by atoms with Gasteiger partial charge in [-0.15, -0.1) is 11.6 Å². The van der Waals surface area contributed by atoms with Gasteiger partial charge in [-0.1, -0.05) is 26.7 Å². The Kier molecular flexibility index (Phi) is 3.76. The topological polar surface area (TPSA) is 35.6 Å². The van der Waals surface area contributed by atoms with Gasteiger partial charge in [0.15, 0.2) is 5.65 Å². The number of alkyl halides is 1. The third-order valence-corrected chi connectivity index (χ3v) is 4.78. The minimum atomic E-state index is 0.475. The van der Waals surface area contributed by atoms with E-state index in [1.165, 1.54) is 25.7 Å². The van der Waals surface area contributed by atoms with Crippen molar-refractivity contribution in [2.75, 3.05) is 0 Å². The van der Waals surface area contributed by atoms with Crippen molar-refractivity contribution in [2.45, 2.75) is 57.9 Å². The molecule has 0 aliphatic heterocycles. The minimum Gasteiger partial charge on any atom is -0.309 e. The van der Waals surface area contributed by atoms with Crippen LogP contribution in [0.15, 0.2) is 0 Å². The molecule has 2 heterocycles. The van der Waals surface area contributed by atoms with Crippen LogP contribution in [0.2, 0.25) is 0 Å². The summed E-state index contributed by atoms with van der Waals surface area (Å²) in [5, 5.41) is 4.61. The van der Waals surface area contributed by atoms with E-state index in [9.17, 15) is 0 Å². The molecule has 3 rings (SSSR count). The van der Waals surface area contributed by atoms with Crippen LogP contribution in [-0.2, 0) is 19.3 Å². The smallest absolute Gasteiger partial charge is 0.158 e. The van der Waals surface area contributed by atoms with Crippen molar-refractivity contribution in [1.82, 2.24) is 19.3 Å². The van der Waals surface area contributed by atoms with Crippen LogP contribution in [0.25, 0.3) is 11.2 Å². The number of rotatable bonds is 3. The maximum Gasteiger partial charge on any atom is 0.158 e. The van der Waals surface area contributed by atoms with Crippen LogP contribution in [0.4, 0.5) is 0 Å². The number of aromatic nitrogens is 4. The lowest BCUT2D eigenvalue weighted by molar-refractivity contribution is 0.281. The number of aryl methyl sites for hydroxylation is 2. The van der Waals surface area contributed by atoms with Crippen molar-refractivity contribution in [3.63, 3.8) is 0 Å². The fourth-order valence-corrected chi connectivity index (χ4v) is 3.79. The van der Waals surface area contributed by atoms with Crippen LogP contribution in [0, 0.1) is 5.92 Å². The van der Waals surface area contributed by atoms with E-state index in [0.29, 0.717) is 11.9 Å². The highest BCUT2D eigenvalue weighted by atomic mass is 35.5. The zero-order valence-corrected chi connectivity index (χ0v) is 13.3. The Balaban J connectivity index is 2.14. The van der Waals surface area contributed by atoms with Gasteiger partial charge in [0.25, 0.3) is 0 Å². The van der Waals surface area contributed by atoms with Crippen LogP contribution >= 0.6 is 11.6 Å². The van der Waals surface area contributed by atoms with E-state index in [1.807, 2.05) is 11.7 Å². The highest BCUT2D eigenvalue weighted by molar-refractivity contribution is 6.16. The first-order valence-electron chi connectivity index (χ1n) is 7.64. The Labute approximate surface area is 125 Å². The molecule has 1 fully saturated rings. The third kappa shape index (κ3) is 2.14. The fourth-order valence-electron chi connectivity index (χ4n) is 3.60. The van der Waals surface area contributed by atoms with Crippen LogP contribution in [-0.4, -0.2) is 19.3 Å². The highest BCUT2D eigenvalue weighted by Crippen LogP contribution is 2.36. The quantitative estimate of drug-likeness (QED) is 0.807. The van der Waals surface area contributed by atoms with E-state index >= 15 is 0 Å². The Morgan fingerprint density at radius 3 is 2.80 bits per heavy atom. The van der Waals surface area contributed by atoms with Crippen molar-refractivity contribution in [3.05, 3.63) is 11.5 Å². The van der Waals surface area contributed by atoms with E-state index in [-0.39, 0.29) is 0 Å². The number of fused-ring (bicyclic) bond motifs is 1. The standard InChI is InChI=1S/C15H23ClN4/c1-4-12-14-15(19(3)18-12)20(13(9-16)17-14)11-7-5-6-10(2)8-11/h10-11H,4-9H2,1-3H3. The lowest BCUT2D eigenvalue weighted by Crippen LogP contribution is -2.20. The van der Waals surface area contributed by atoms with Gasteiger partial charge in [-0.3, -0.25) is 4.68 Å². The molecule has 1 saturated carbocycles. The van der Waals surface area contributed by atoms with Gasteiger partial charge in [0.2, 0.25) is 0 Å². The Bertz CT molecular complexity index is 613. The van der Waals surface area contributed by atoms with E-state index in [0.717, 1.165) is 35.0 Å². The molecule has 2 unspecified atom stereocenters. The second kappa shape index (κ2) is 5.40. The van der Waals surface area contributed by atoms with Crippen LogP contribution in [0.1, 0.15) is 57.1 Å². The van der Waals surface area contributed by atoms with Crippen LogP contribution in [0.3, 0.4) is 0 Å². The maximum atomic E-state index is 6.15. The summed E-state index contributed by atoms with van der Waals surface area (Å²) in [6.45, 7) is 4.48. The van der Waals surface area contributed by atoms with Crippen LogP contribution < -0.4 is 0 Å². The van der Waals surface area contributed by atoms with E-state index in [4.69, 9.17) is 16.6 Å². The van der Waals surface area contributed by atoms with Gasteiger partial charge >= 0.3 is 0 Å². The largest absolute Gasteiger partial charge is 0.309 e. The SMILES string of the molecule is CCc1nn(C)c2c1nc(CCl)n2C1CCCC(C)C1. The summed E-state index contributed by atoms with van der Waals surface area (Å²) < 4.78 is 4.35. The molecule has 1 aliphatic carbocycles. The Hall–Kier alpha value is -1.03. The molecule has 0 aromatic carbocycles. The molecule has 110 valence electrons. The summed E-state index contributed by atoms with van der Waals surface area (Å²) in [5.41, 5.74) is 3.27. The van der Waals surface area contributed by atoms with E-state index in [1.54, 1.807) is 0 Å². The lowest BCUT2D eigenvalue weighted by atomic mass is 9.87. The van der Waals surface area contributed by atoms with Gasteiger partial charge in [0.1, 0.15) is 11.3 Å². The first kappa shape index (κ1) is 13.9. The Morgan fingerprint density at radius 1 is 1.35 bits per heavy atom. The molecule has 20 heavy (non-hydrogen) atoms. The van der Waals surface area contributed by atoms with E-state index < -0.39 is 0 Å². The third-order valence-electron chi connectivity index (χ3n) is 4.54.